The van der Waals surface area contributed by atoms with Crippen LogP contribution in [0.1, 0.15) is 13.3 Å². The highest BCUT2D eigenvalue weighted by molar-refractivity contribution is 5.89. The second-order valence-corrected chi connectivity index (χ2v) is 3.55. The van der Waals surface area contributed by atoms with E-state index in [0.717, 1.165) is 6.42 Å². The fourth-order valence-corrected chi connectivity index (χ4v) is 2.02. The fourth-order valence-electron chi connectivity index (χ4n) is 2.02. The number of carboxylic acid groups (broad SMARTS) is 1. The van der Waals surface area contributed by atoms with Gasteiger partial charge in [0.15, 0.2) is 0 Å². The third-order valence-electron chi connectivity index (χ3n) is 2.76. The van der Waals surface area contributed by atoms with E-state index in [-0.39, 0.29) is 17.9 Å². The van der Waals surface area contributed by atoms with Gasteiger partial charge in [-0.2, -0.15) is 0 Å². The molecule has 4 nitrogen and oxygen atoms in total. The Kier molecular flexibility index (Phi) is 1.65. The molecule has 0 radical (unpaired) electrons. The molecule has 0 aromatic carbocycles. The molecule has 2 rings (SSSR count). The number of amides is 1. The van der Waals surface area contributed by atoms with Crippen molar-refractivity contribution in [3.8, 4) is 0 Å². The minimum absolute atomic E-state index is 0.0172. The number of carbonyl (C=O) groups is 2. The number of fused-ring (bicyclic) bond motifs is 2. The predicted octanol–water partition coefficient (Wildman–Crippen LogP) is 0.246. The zero-order valence-electron chi connectivity index (χ0n) is 7.30. The van der Waals surface area contributed by atoms with Gasteiger partial charge in [0.2, 0.25) is 5.91 Å². The molecule has 1 aliphatic carbocycles. The predicted molar refractivity (Wildman–Crippen MR) is 45.0 cm³/mol. The smallest absolute Gasteiger partial charge is 0.326 e. The summed E-state index contributed by atoms with van der Waals surface area (Å²) >= 11 is 0. The van der Waals surface area contributed by atoms with Crippen LogP contribution in [0.5, 0.6) is 0 Å². The Morgan fingerprint density at radius 1 is 1.69 bits per heavy atom. The molecule has 3 atom stereocenters. The first kappa shape index (κ1) is 8.29. The summed E-state index contributed by atoms with van der Waals surface area (Å²) in [7, 11) is 0. The number of carboxylic acids is 1. The molecular formula is C9H11NO3. The number of hydrogen-bond acceptors (Lipinski definition) is 2. The fraction of sp³-hybridized carbons (Fsp3) is 0.556. The third-order valence-corrected chi connectivity index (χ3v) is 2.76. The van der Waals surface area contributed by atoms with Crippen LogP contribution in [0.15, 0.2) is 12.2 Å². The lowest BCUT2D eigenvalue weighted by atomic mass is 10.1. The van der Waals surface area contributed by atoms with Crippen LogP contribution in [0, 0.1) is 5.92 Å². The quantitative estimate of drug-likeness (QED) is 0.621. The van der Waals surface area contributed by atoms with Gasteiger partial charge in [-0.25, -0.2) is 4.79 Å². The Balaban J connectivity index is 2.22. The van der Waals surface area contributed by atoms with Crippen molar-refractivity contribution in [3.05, 3.63) is 12.2 Å². The van der Waals surface area contributed by atoms with E-state index in [1.165, 1.54) is 4.90 Å². The average Bonchev–Trinajstić information content (AvgIpc) is 2.62. The van der Waals surface area contributed by atoms with Crippen LogP contribution in [0.2, 0.25) is 0 Å². The van der Waals surface area contributed by atoms with Gasteiger partial charge in [0, 0.05) is 0 Å². The zero-order chi connectivity index (χ0) is 9.59. The summed E-state index contributed by atoms with van der Waals surface area (Å²) in [6.07, 6.45) is 4.56. The molecule has 1 N–H and O–H groups in total. The van der Waals surface area contributed by atoms with E-state index in [0.29, 0.717) is 0 Å². The van der Waals surface area contributed by atoms with Gasteiger partial charge in [-0.3, -0.25) is 4.79 Å². The summed E-state index contributed by atoms with van der Waals surface area (Å²) < 4.78 is 0. The van der Waals surface area contributed by atoms with Crippen LogP contribution in [0.3, 0.4) is 0 Å². The lowest BCUT2D eigenvalue weighted by Crippen LogP contribution is -2.45. The second kappa shape index (κ2) is 2.58. The molecule has 0 spiro atoms. The first-order valence-electron chi connectivity index (χ1n) is 4.34. The SMILES string of the molecule is CC(C(=O)O)N1C(=O)C2C=CC1C2. The molecule has 1 heterocycles. The zero-order valence-corrected chi connectivity index (χ0v) is 7.30. The Hall–Kier alpha value is -1.32. The van der Waals surface area contributed by atoms with E-state index < -0.39 is 12.0 Å². The molecule has 1 saturated heterocycles. The van der Waals surface area contributed by atoms with Crippen LogP contribution < -0.4 is 0 Å². The van der Waals surface area contributed by atoms with Crippen molar-refractivity contribution in [1.29, 1.82) is 0 Å². The number of nitrogens with zero attached hydrogens (tertiary/aromatic N) is 1. The molecule has 3 unspecified atom stereocenters. The van der Waals surface area contributed by atoms with E-state index in [4.69, 9.17) is 5.11 Å². The first-order valence-corrected chi connectivity index (χ1v) is 4.34. The number of aliphatic carboxylic acids is 1. The highest BCUT2D eigenvalue weighted by Gasteiger charge is 2.44. The van der Waals surface area contributed by atoms with Crippen LogP contribution in [0.4, 0.5) is 0 Å². The summed E-state index contributed by atoms with van der Waals surface area (Å²) in [6, 6.07) is -0.684. The summed E-state index contributed by atoms with van der Waals surface area (Å²) in [5.74, 6) is -1.04. The normalized spacial score (nSPS) is 32.7. The minimum Gasteiger partial charge on any atom is -0.480 e. The van der Waals surface area contributed by atoms with Crippen molar-refractivity contribution in [2.24, 2.45) is 5.92 Å². The highest BCUT2D eigenvalue weighted by Crippen LogP contribution is 2.34. The van der Waals surface area contributed by atoms with Gasteiger partial charge in [-0.1, -0.05) is 12.2 Å². The first-order chi connectivity index (χ1) is 6.11. The molecule has 2 bridgehead atoms. The lowest BCUT2D eigenvalue weighted by Gasteiger charge is -2.27. The largest absolute Gasteiger partial charge is 0.480 e. The van der Waals surface area contributed by atoms with E-state index >= 15 is 0 Å². The Bertz CT molecular complexity index is 297. The molecule has 13 heavy (non-hydrogen) atoms. The van der Waals surface area contributed by atoms with Crippen molar-refractivity contribution in [1.82, 2.24) is 4.90 Å². The van der Waals surface area contributed by atoms with E-state index in [1.54, 1.807) is 6.92 Å². The molecule has 2 aliphatic rings. The van der Waals surface area contributed by atoms with Gasteiger partial charge in [-0.05, 0) is 13.3 Å². The van der Waals surface area contributed by atoms with Gasteiger partial charge in [-0.15, -0.1) is 0 Å². The number of hydrogen-bond donors (Lipinski definition) is 1. The standard InChI is InChI=1S/C9H11NO3/c1-5(9(12)13)10-7-3-2-6(4-7)8(10)11/h2-3,5-7H,4H2,1H3,(H,12,13). The maximum absolute atomic E-state index is 11.5. The monoisotopic (exact) mass is 181 g/mol. The summed E-state index contributed by atoms with van der Waals surface area (Å²) in [5.41, 5.74) is 0. The van der Waals surface area contributed by atoms with Crippen molar-refractivity contribution >= 4 is 11.9 Å². The van der Waals surface area contributed by atoms with Crippen LogP contribution in [-0.2, 0) is 9.59 Å². The van der Waals surface area contributed by atoms with Crippen molar-refractivity contribution in [2.45, 2.75) is 25.4 Å². The van der Waals surface area contributed by atoms with Crippen LogP contribution in [-0.4, -0.2) is 34.0 Å². The Morgan fingerprint density at radius 2 is 2.38 bits per heavy atom. The number of likely N-dealkylation sites (tertiary alicyclic amines) is 1. The summed E-state index contributed by atoms with van der Waals surface area (Å²) in [4.78, 5) is 23.7. The molecule has 0 aromatic rings. The maximum atomic E-state index is 11.5. The lowest BCUT2D eigenvalue weighted by molar-refractivity contribution is -0.149. The maximum Gasteiger partial charge on any atom is 0.326 e. The highest BCUT2D eigenvalue weighted by atomic mass is 16.4. The topological polar surface area (TPSA) is 57.6 Å². The Morgan fingerprint density at radius 3 is 2.85 bits per heavy atom. The molecule has 1 fully saturated rings. The number of rotatable bonds is 2. The third kappa shape index (κ3) is 1.05. The average molecular weight is 181 g/mol. The summed E-state index contributed by atoms with van der Waals surface area (Å²) in [5, 5.41) is 8.77. The van der Waals surface area contributed by atoms with E-state index in [1.807, 2.05) is 12.2 Å². The van der Waals surface area contributed by atoms with Gasteiger partial charge in [0.05, 0.1) is 12.0 Å². The van der Waals surface area contributed by atoms with Crippen molar-refractivity contribution in [3.63, 3.8) is 0 Å². The molecular weight excluding hydrogens is 170 g/mol. The van der Waals surface area contributed by atoms with Crippen molar-refractivity contribution < 1.29 is 14.7 Å². The Labute approximate surface area is 75.8 Å². The van der Waals surface area contributed by atoms with Gasteiger partial charge in [0.25, 0.3) is 0 Å². The summed E-state index contributed by atoms with van der Waals surface area (Å²) in [6.45, 7) is 1.55. The van der Waals surface area contributed by atoms with Crippen molar-refractivity contribution in [2.75, 3.05) is 0 Å². The molecule has 0 saturated carbocycles. The van der Waals surface area contributed by atoms with Crippen LogP contribution >= 0.6 is 0 Å². The van der Waals surface area contributed by atoms with Gasteiger partial charge < -0.3 is 10.0 Å². The molecule has 0 aromatic heterocycles. The van der Waals surface area contributed by atoms with E-state index in [2.05, 4.69) is 0 Å². The second-order valence-electron chi connectivity index (χ2n) is 3.55. The molecule has 4 heteroatoms. The molecule has 1 aliphatic heterocycles. The molecule has 70 valence electrons. The van der Waals surface area contributed by atoms with Crippen LogP contribution in [0.25, 0.3) is 0 Å². The molecule has 1 amide bonds. The number of carbonyl (C=O) groups excluding carboxylic acids is 1. The van der Waals surface area contributed by atoms with Gasteiger partial charge in [0.1, 0.15) is 6.04 Å². The van der Waals surface area contributed by atoms with Gasteiger partial charge >= 0.3 is 5.97 Å². The van der Waals surface area contributed by atoms with E-state index in [9.17, 15) is 9.59 Å². The minimum atomic E-state index is -0.936.